The van der Waals surface area contributed by atoms with Gasteiger partial charge in [-0.3, -0.25) is 0 Å². The van der Waals surface area contributed by atoms with Crippen molar-refractivity contribution in [2.45, 2.75) is 26.7 Å². The number of carbonyl (C=O) groups excluding carboxylic acids is 1. The Bertz CT molecular complexity index is 1670. The lowest BCUT2D eigenvalue weighted by Crippen LogP contribution is -2.21. The number of hydrogen-bond acceptors (Lipinski definition) is 8. The van der Waals surface area contributed by atoms with E-state index in [-0.39, 0.29) is 23.0 Å². The maximum atomic E-state index is 13.0. The van der Waals surface area contributed by atoms with E-state index in [4.69, 9.17) is 40.7 Å². The van der Waals surface area contributed by atoms with Gasteiger partial charge in [-0.2, -0.15) is 5.26 Å². The molecule has 1 aliphatic rings. The number of carbonyl (C=O) groups is 1. The average molecular weight is 545 g/mol. The summed E-state index contributed by atoms with van der Waals surface area (Å²) in [6, 6.07) is 17.8. The number of furan rings is 1. The number of nitrogens with zero attached hydrogens (tertiary/aromatic N) is 1. The smallest absolute Gasteiger partial charge is 0.379 e. The maximum absolute atomic E-state index is 13.0. The highest BCUT2D eigenvalue weighted by Crippen LogP contribution is 2.45. The van der Waals surface area contributed by atoms with Crippen molar-refractivity contribution in [1.82, 2.24) is 0 Å². The van der Waals surface area contributed by atoms with E-state index in [1.165, 1.54) is 0 Å². The Hall–Kier alpha value is -4.61. The molecule has 198 valence electrons. The van der Waals surface area contributed by atoms with Gasteiger partial charge in [-0.25, -0.2) is 4.79 Å². The third-order valence-electron chi connectivity index (χ3n) is 6.39. The van der Waals surface area contributed by atoms with Crippen LogP contribution in [-0.4, -0.2) is 19.2 Å². The van der Waals surface area contributed by atoms with Crippen molar-refractivity contribution in [2.24, 2.45) is 5.73 Å². The lowest BCUT2D eigenvalue weighted by atomic mass is 9.83. The summed E-state index contributed by atoms with van der Waals surface area (Å²) in [5.41, 5.74) is 9.04. The Kier molecular flexibility index (Phi) is 7.09. The van der Waals surface area contributed by atoms with Crippen molar-refractivity contribution in [3.05, 3.63) is 93.5 Å². The van der Waals surface area contributed by atoms with Gasteiger partial charge in [0.2, 0.25) is 11.6 Å². The van der Waals surface area contributed by atoms with E-state index in [2.05, 4.69) is 6.07 Å². The normalized spacial score (nSPS) is 14.4. The van der Waals surface area contributed by atoms with Crippen molar-refractivity contribution >= 4 is 28.5 Å². The average Bonchev–Trinajstić information content (AvgIpc) is 3.24. The van der Waals surface area contributed by atoms with Crippen LogP contribution in [0.4, 0.5) is 0 Å². The molecule has 1 atom stereocenters. The molecule has 0 radical (unpaired) electrons. The molecule has 1 aromatic heterocycles. The van der Waals surface area contributed by atoms with E-state index >= 15 is 0 Å². The van der Waals surface area contributed by atoms with Gasteiger partial charge in [0, 0.05) is 27.6 Å². The zero-order valence-electron chi connectivity index (χ0n) is 21.5. The largest absolute Gasteiger partial charge is 0.490 e. The van der Waals surface area contributed by atoms with Gasteiger partial charge in [-0.1, -0.05) is 23.7 Å². The first-order valence-electron chi connectivity index (χ1n) is 12.4. The molecule has 0 fully saturated rings. The van der Waals surface area contributed by atoms with Crippen molar-refractivity contribution in [3.63, 3.8) is 0 Å². The van der Waals surface area contributed by atoms with E-state index < -0.39 is 11.9 Å². The van der Waals surface area contributed by atoms with Crippen LogP contribution >= 0.6 is 11.6 Å². The highest BCUT2D eigenvalue weighted by molar-refractivity contribution is 6.31. The molecular formula is C30H25ClN2O6. The number of nitriles is 1. The number of fused-ring (bicyclic) bond motifs is 2. The van der Waals surface area contributed by atoms with Crippen molar-refractivity contribution in [3.8, 4) is 29.1 Å². The summed E-state index contributed by atoms with van der Waals surface area (Å²) in [5.74, 6) is 0.613. The van der Waals surface area contributed by atoms with E-state index in [1.807, 2.05) is 32.0 Å². The van der Waals surface area contributed by atoms with Gasteiger partial charge in [0.05, 0.1) is 19.1 Å². The molecule has 9 heteroatoms. The van der Waals surface area contributed by atoms with Crippen LogP contribution in [0.25, 0.3) is 11.0 Å². The number of rotatable bonds is 7. The Morgan fingerprint density at radius 3 is 2.56 bits per heavy atom. The van der Waals surface area contributed by atoms with Gasteiger partial charge in [-0.15, -0.1) is 0 Å². The van der Waals surface area contributed by atoms with E-state index in [0.717, 1.165) is 10.9 Å². The Balaban J connectivity index is 1.49. The molecule has 0 aliphatic carbocycles. The van der Waals surface area contributed by atoms with Crippen LogP contribution in [0.2, 0.25) is 5.02 Å². The molecule has 0 amide bonds. The van der Waals surface area contributed by atoms with Crippen LogP contribution in [0.1, 0.15) is 47.0 Å². The minimum absolute atomic E-state index is 0.0321. The Labute approximate surface area is 230 Å². The predicted molar refractivity (Wildman–Crippen MR) is 145 cm³/mol. The third-order valence-corrected chi connectivity index (χ3v) is 6.62. The molecule has 5 rings (SSSR count). The highest BCUT2D eigenvalue weighted by atomic mass is 35.5. The van der Waals surface area contributed by atoms with Gasteiger partial charge in [0.15, 0.2) is 11.5 Å². The molecule has 8 nitrogen and oxygen atoms in total. The molecule has 0 saturated carbocycles. The van der Waals surface area contributed by atoms with Gasteiger partial charge in [0.25, 0.3) is 0 Å². The minimum Gasteiger partial charge on any atom is -0.490 e. The number of hydrogen-bond donors (Lipinski definition) is 1. The van der Waals surface area contributed by atoms with E-state index in [0.29, 0.717) is 52.2 Å². The minimum atomic E-state index is -0.666. The molecule has 2 N–H and O–H groups in total. The standard InChI is InChI=1S/C30H25ClN2O6/c1-4-35-24-10-6-17(12-26(24)36-5-2)27-20-9-8-19(14-25(20)39-29(33)22(27)15-32)37-30(34)28-16(3)21-13-18(31)7-11-23(21)38-28/h6-14,27H,4-5,33H2,1-3H3. The zero-order valence-corrected chi connectivity index (χ0v) is 22.3. The summed E-state index contributed by atoms with van der Waals surface area (Å²) in [7, 11) is 0. The number of esters is 1. The fraction of sp³-hybridized carbons (Fsp3) is 0.200. The topological polar surface area (TPSA) is 117 Å². The quantitative estimate of drug-likeness (QED) is 0.203. The summed E-state index contributed by atoms with van der Waals surface area (Å²) in [6.45, 7) is 6.48. The molecule has 4 aromatic rings. The fourth-order valence-corrected chi connectivity index (χ4v) is 4.80. The van der Waals surface area contributed by atoms with Crippen molar-refractivity contribution < 1.29 is 28.2 Å². The second-order valence-electron chi connectivity index (χ2n) is 8.78. The van der Waals surface area contributed by atoms with Gasteiger partial charge < -0.3 is 29.1 Å². The van der Waals surface area contributed by atoms with Gasteiger partial charge >= 0.3 is 5.97 Å². The molecule has 39 heavy (non-hydrogen) atoms. The first kappa shape index (κ1) is 26.0. The lowest BCUT2D eigenvalue weighted by molar-refractivity contribution is 0.0702. The number of allylic oxidation sites excluding steroid dienone is 1. The van der Waals surface area contributed by atoms with E-state index in [9.17, 15) is 10.1 Å². The molecule has 0 saturated heterocycles. The van der Waals surface area contributed by atoms with Crippen LogP contribution in [-0.2, 0) is 0 Å². The zero-order chi connectivity index (χ0) is 27.7. The molecule has 1 aliphatic heterocycles. The highest BCUT2D eigenvalue weighted by Gasteiger charge is 2.32. The summed E-state index contributed by atoms with van der Waals surface area (Å²) >= 11 is 6.09. The van der Waals surface area contributed by atoms with Crippen molar-refractivity contribution in [2.75, 3.05) is 13.2 Å². The Morgan fingerprint density at radius 2 is 1.82 bits per heavy atom. The van der Waals surface area contributed by atoms with Gasteiger partial charge in [-0.05, 0) is 62.7 Å². The molecule has 3 aromatic carbocycles. The third kappa shape index (κ3) is 4.85. The number of benzene rings is 3. The van der Waals surface area contributed by atoms with E-state index in [1.54, 1.807) is 43.3 Å². The molecule has 2 heterocycles. The summed E-state index contributed by atoms with van der Waals surface area (Å²) in [4.78, 5) is 13.0. The second kappa shape index (κ2) is 10.6. The summed E-state index contributed by atoms with van der Waals surface area (Å²) < 4.78 is 28.6. The Morgan fingerprint density at radius 1 is 1.05 bits per heavy atom. The van der Waals surface area contributed by atoms with Crippen LogP contribution in [0.3, 0.4) is 0 Å². The summed E-state index contributed by atoms with van der Waals surface area (Å²) in [6.07, 6.45) is 0. The molecule has 1 unspecified atom stereocenters. The second-order valence-corrected chi connectivity index (χ2v) is 9.22. The predicted octanol–water partition coefficient (Wildman–Crippen LogP) is 6.63. The van der Waals surface area contributed by atoms with Gasteiger partial charge in [0.1, 0.15) is 28.7 Å². The first-order chi connectivity index (χ1) is 18.8. The van der Waals surface area contributed by atoms with Crippen LogP contribution in [0.5, 0.6) is 23.0 Å². The van der Waals surface area contributed by atoms with Crippen LogP contribution in [0, 0.1) is 18.3 Å². The number of ether oxygens (including phenoxy) is 4. The first-order valence-corrected chi connectivity index (χ1v) is 12.7. The number of halogens is 1. The lowest BCUT2D eigenvalue weighted by Gasteiger charge is -2.27. The van der Waals surface area contributed by atoms with Crippen molar-refractivity contribution in [1.29, 1.82) is 5.26 Å². The maximum Gasteiger partial charge on any atom is 0.379 e. The SMILES string of the molecule is CCOc1ccc(C2C(C#N)=C(N)Oc3cc(OC(=O)c4oc5ccc(Cl)cc5c4C)ccc32)cc1OCC. The number of aryl methyl sites for hydroxylation is 1. The van der Waals surface area contributed by atoms with Crippen LogP contribution < -0.4 is 24.7 Å². The molecule has 0 spiro atoms. The summed E-state index contributed by atoms with van der Waals surface area (Å²) in [5, 5.41) is 11.2. The molecular weight excluding hydrogens is 520 g/mol. The molecule has 0 bridgehead atoms. The van der Waals surface area contributed by atoms with Crippen LogP contribution in [0.15, 0.2) is 70.5 Å². The monoisotopic (exact) mass is 544 g/mol. The number of nitrogens with two attached hydrogens (primary N) is 1. The fourth-order valence-electron chi connectivity index (χ4n) is 4.63.